The number of rotatable bonds is 0. The van der Waals surface area contributed by atoms with Gasteiger partial charge in [-0.05, 0) is 12.1 Å². The first-order valence-corrected chi connectivity index (χ1v) is 5.69. The number of benzene rings is 1. The van der Waals surface area contributed by atoms with Crippen LogP contribution in [-0.4, -0.2) is 13.1 Å². The maximum absolute atomic E-state index is 11.6. The Labute approximate surface area is 89.9 Å². The van der Waals surface area contributed by atoms with Crippen LogP contribution in [0.2, 0.25) is 0 Å². The predicted octanol–water partition coefficient (Wildman–Crippen LogP) is 0.0673. The highest BCUT2D eigenvalue weighted by Crippen LogP contribution is 2.20. The van der Waals surface area contributed by atoms with Gasteiger partial charge in [0.25, 0.3) is 0 Å². The fourth-order valence-corrected chi connectivity index (χ4v) is 2.26. The summed E-state index contributed by atoms with van der Waals surface area (Å²) >= 11 is 0. The molecule has 7 heteroatoms. The van der Waals surface area contributed by atoms with E-state index < -0.39 is 16.0 Å². The van der Waals surface area contributed by atoms with Crippen LogP contribution in [0.1, 0.15) is 0 Å². The first kappa shape index (κ1) is 9.22. The maximum atomic E-state index is 11.6. The second-order valence-electron chi connectivity index (χ2n) is 3.23. The van der Waals surface area contributed by atoms with E-state index in [2.05, 4.69) is 8.47 Å². The van der Waals surface area contributed by atoms with Gasteiger partial charge in [0.15, 0.2) is 0 Å². The highest BCUT2D eigenvalue weighted by molar-refractivity contribution is 7.82. The van der Waals surface area contributed by atoms with Gasteiger partial charge in [-0.2, -0.15) is 0 Å². The summed E-state index contributed by atoms with van der Waals surface area (Å²) in [7, 11) is -4.18. The second kappa shape index (κ2) is 2.76. The molecule has 0 saturated carbocycles. The molecule has 16 heavy (non-hydrogen) atoms. The molecule has 0 spiro atoms. The summed E-state index contributed by atoms with van der Waals surface area (Å²) in [6, 6.07) is 8.11. The van der Waals surface area contributed by atoms with Crippen LogP contribution >= 0.6 is 0 Å². The first-order chi connectivity index (χ1) is 7.57. The summed E-state index contributed by atoms with van der Waals surface area (Å²) in [4.78, 5) is 11.6. The van der Waals surface area contributed by atoms with Crippen molar-refractivity contribution >= 4 is 21.3 Å². The Kier molecular flexibility index (Phi) is 1.59. The van der Waals surface area contributed by atoms with Crippen molar-refractivity contribution in [2.24, 2.45) is 0 Å². The zero-order chi connectivity index (χ0) is 11.3. The highest BCUT2D eigenvalue weighted by Gasteiger charge is 2.27. The van der Waals surface area contributed by atoms with E-state index >= 15 is 0 Å². The number of pyridine rings is 1. The molecule has 2 bridgehead atoms. The summed E-state index contributed by atoms with van der Waals surface area (Å²) in [6.45, 7) is 0. The molecule has 3 rings (SSSR count). The van der Waals surface area contributed by atoms with E-state index in [1.54, 1.807) is 24.3 Å². The minimum absolute atomic E-state index is 0.259. The van der Waals surface area contributed by atoms with Crippen molar-refractivity contribution in [1.82, 2.24) is 4.73 Å². The number of hydrogen-bond acceptors (Lipinski definition) is 5. The number of aromatic nitrogens is 1. The van der Waals surface area contributed by atoms with Crippen molar-refractivity contribution < 1.29 is 16.9 Å². The lowest BCUT2D eigenvalue weighted by atomic mass is 10.2. The van der Waals surface area contributed by atoms with Crippen molar-refractivity contribution in [3.05, 3.63) is 40.7 Å². The summed E-state index contributed by atoms with van der Waals surface area (Å²) in [5, 5.41) is 0.659. The molecule has 82 valence electrons. The minimum atomic E-state index is -4.18. The molecule has 0 N–H and O–H groups in total. The van der Waals surface area contributed by atoms with Crippen LogP contribution in [0.5, 0.6) is 5.75 Å². The Morgan fingerprint density at radius 1 is 1.19 bits per heavy atom. The van der Waals surface area contributed by atoms with Gasteiger partial charge in [-0.15, -0.1) is 13.1 Å². The van der Waals surface area contributed by atoms with Crippen molar-refractivity contribution in [2.75, 3.05) is 0 Å². The Balaban J connectivity index is 2.51. The molecule has 0 atom stereocenters. The van der Waals surface area contributed by atoms with E-state index in [0.29, 0.717) is 15.6 Å². The molecule has 6 nitrogen and oxygen atoms in total. The van der Waals surface area contributed by atoms with Gasteiger partial charge >= 0.3 is 16.0 Å². The van der Waals surface area contributed by atoms with Crippen molar-refractivity contribution in [1.29, 1.82) is 0 Å². The monoisotopic (exact) mass is 239 g/mol. The molecule has 0 radical (unpaired) electrons. The summed E-state index contributed by atoms with van der Waals surface area (Å²) < 4.78 is 31.9. The van der Waals surface area contributed by atoms with E-state index in [0.717, 1.165) is 0 Å². The van der Waals surface area contributed by atoms with Crippen LogP contribution in [-0.2, 0) is 10.4 Å². The normalized spacial score (nSPS) is 16.5. The van der Waals surface area contributed by atoms with Gasteiger partial charge in [0, 0.05) is 5.39 Å². The Morgan fingerprint density at radius 2 is 1.94 bits per heavy atom. The number of hydrogen-bond donors (Lipinski definition) is 0. The molecule has 0 fully saturated rings. The van der Waals surface area contributed by atoms with Gasteiger partial charge < -0.3 is 4.18 Å². The maximum Gasteiger partial charge on any atom is 0.520 e. The Bertz CT molecular complexity index is 746. The quantitative estimate of drug-likeness (QED) is 0.650. The smallest absolute Gasteiger partial charge is 0.345 e. The van der Waals surface area contributed by atoms with Gasteiger partial charge in [-0.1, -0.05) is 18.2 Å². The van der Waals surface area contributed by atoms with Crippen LogP contribution in [0.4, 0.5) is 0 Å². The first-order valence-electron chi connectivity index (χ1n) is 4.36. The van der Waals surface area contributed by atoms with Gasteiger partial charge in [0.2, 0.25) is 5.75 Å². The van der Waals surface area contributed by atoms with Crippen LogP contribution in [0.3, 0.4) is 0 Å². The third-order valence-electron chi connectivity index (χ3n) is 2.20. The molecule has 0 amide bonds. The van der Waals surface area contributed by atoms with E-state index in [1.165, 1.54) is 6.07 Å². The fraction of sp³-hybridized carbons (Fsp3) is 0. The van der Waals surface area contributed by atoms with E-state index in [4.69, 9.17) is 0 Å². The Morgan fingerprint density at radius 3 is 2.75 bits per heavy atom. The zero-order valence-corrected chi connectivity index (χ0v) is 8.60. The lowest BCUT2D eigenvalue weighted by molar-refractivity contribution is 0.221. The lowest BCUT2D eigenvalue weighted by Gasteiger charge is -2.16. The van der Waals surface area contributed by atoms with Crippen molar-refractivity contribution in [2.45, 2.75) is 0 Å². The average molecular weight is 239 g/mol. The third-order valence-corrected chi connectivity index (χ3v) is 2.91. The molecule has 0 saturated heterocycles. The largest absolute Gasteiger partial charge is 0.520 e. The van der Waals surface area contributed by atoms with Crippen LogP contribution < -0.4 is 14.0 Å². The predicted molar refractivity (Wildman–Crippen MR) is 54.3 cm³/mol. The Hall–Kier alpha value is -2.02. The van der Waals surface area contributed by atoms with Gasteiger partial charge in [-0.25, -0.2) is 0 Å². The molecule has 0 aliphatic carbocycles. The molecular formula is C9H5NO5S. The molecule has 1 aliphatic heterocycles. The molecule has 1 aromatic heterocycles. The summed E-state index contributed by atoms with van der Waals surface area (Å²) in [6.07, 6.45) is 0. The van der Waals surface area contributed by atoms with Crippen LogP contribution in [0.25, 0.3) is 10.9 Å². The summed E-state index contributed by atoms with van der Waals surface area (Å²) in [5.41, 5.74) is -0.253. The van der Waals surface area contributed by atoms with Gasteiger partial charge in [0.05, 0.1) is 5.52 Å². The van der Waals surface area contributed by atoms with Crippen molar-refractivity contribution in [3.63, 3.8) is 0 Å². The number of nitrogens with zero attached hydrogens (tertiary/aromatic N) is 1. The van der Waals surface area contributed by atoms with Gasteiger partial charge in [-0.3, -0.25) is 9.08 Å². The third kappa shape index (κ3) is 1.18. The van der Waals surface area contributed by atoms with Crippen molar-refractivity contribution in [3.8, 4) is 5.75 Å². The molecular weight excluding hydrogens is 234 g/mol. The number of para-hydroxylation sites is 1. The van der Waals surface area contributed by atoms with E-state index in [9.17, 15) is 13.2 Å². The fourth-order valence-electron chi connectivity index (χ4n) is 1.56. The molecule has 1 aromatic carbocycles. The second-order valence-corrected chi connectivity index (χ2v) is 4.37. The molecule has 0 unspecified atom stereocenters. The standard InChI is InChI=1S/C9H5NO5S/c11-9-8-5-6-3-1-2-4-7(6)10(9)15-16(12,13)14-8/h1-5H. The summed E-state index contributed by atoms with van der Waals surface area (Å²) in [5.74, 6) is -0.259. The highest BCUT2D eigenvalue weighted by atomic mass is 32.3. The van der Waals surface area contributed by atoms with E-state index in [1.807, 2.05) is 0 Å². The number of fused-ring (bicyclic) bond motifs is 4. The minimum Gasteiger partial charge on any atom is -0.345 e. The molecule has 2 heterocycles. The van der Waals surface area contributed by atoms with Crippen LogP contribution in [0, 0.1) is 0 Å². The van der Waals surface area contributed by atoms with Crippen LogP contribution in [0.15, 0.2) is 35.1 Å². The van der Waals surface area contributed by atoms with Gasteiger partial charge in [0.1, 0.15) is 0 Å². The average Bonchev–Trinajstić information content (AvgIpc) is 2.21. The lowest BCUT2D eigenvalue weighted by Crippen LogP contribution is -2.39. The topological polar surface area (TPSA) is 74.6 Å². The van der Waals surface area contributed by atoms with E-state index in [-0.39, 0.29) is 5.75 Å². The molecule has 2 aromatic rings. The molecule has 1 aliphatic rings. The zero-order valence-electron chi connectivity index (χ0n) is 7.78. The SMILES string of the molecule is O=c1c2cc3ccccc3n1OS(=O)(=O)O2.